The smallest absolute Gasteiger partial charge is 0.267 e. The number of carbonyl (C=O) groups is 1. The van der Waals surface area contributed by atoms with Crippen LogP contribution in [0, 0.1) is 0 Å². The Labute approximate surface area is 129 Å². The van der Waals surface area contributed by atoms with Crippen molar-refractivity contribution in [3.63, 3.8) is 0 Å². The summed E-state index contributed by atoms with van der Waals surface area (Å²) in [6.07, 6.45) is 3.17. The third-order valence-corrected chi connectivity index (χ3v) is 4.12. The van der Waals surface area contributed by atoms with E-state index in [0.717, 1.165) is 12.8 Å². The number of carbonyl (C=O) groups excluding carboxylic acids is 1. The molecule has 1 aromatic heterocycles. The van der Waals surface area contributed by atoms with Crippen molar-refractivity contribution >= 4 is 25.6 Å². The van der Waals surface area contributed by atoms with Crippen molar-refractivity contribution in [2.75, 3.05) is 13.2 Å². The number of ether oxygens (including phenoxy) is 1. The molecule has 0 aliphatic heterocycles. The topological polar surface area (TPSA) is 77.4 Å². The summed E-state index contributed by atoms with van der Waals surface area (Å²) in [5.41, 5.74) is 0.257. The number of nitrogens with one attached hydrogen (secondary N) is 1. The maximum absolute atomic E-state index is 11.9. The summed E-state index contributed by atoms with van der Waals surface area (Å²) in [7, 11) is 3.02. The van der Waals surface area contributed by atoms with Crippen LogP contribution in [-0.2, 0) is 20.8 Å². The fourth-order valence-corrected chi connectivity index (χ4v) is 2.52. The minimum atomic E-state index is -3.82. The van der Waals surface area contributed by atoms with E-state index in [1.165, 1.54) is 16.8 Å². The Balaban J connectivity index is 2.44. The van der Waals surface area contributed by atoms with Crippen molar-refractivity contribution in [1.82, 2.24) is 9.88 Å². The highest BCUT2D eigenvalue weighted by molar-refractivity contribution is 8.13. The fourth-order valence-electron chi connectivity index (χ4n) is 1.73. The molecular weight excluding hydrogens is 316 g/mol. The van der Waals surface area contributed by atoms with E-state index in [1.54, 1.807) is 7.05 Å². The van der Waals surface area contributed by atoms with E-state index in [1.807, 2.05) is 13.8 Å². The molecule has 0 aromatic carbocycles. The Kier molecular flexibility index (Phi) is 6.70. The molecule has 1 amide bonds. The Bertz CT molecular complexity index is 581. The van der Waals surface area contributed by atoms with Gasteiger partial charge in [-0.2, -0.15) is 0 Å². The van der Waals surface area contributed by atoms with Crippen LogP contribution >= 0.6 is 10.7 Å². The monoisotopic (exact) mass is 336 g/mol. The molecule has 0 unspecified atom stereocenters. The van der Waals surface area contributed by atoms with Gasteiger partial charge in [0.25, 0.3) is 15.0 Å². The number of aryl methyl sites for hydroxylation is 1. The summed E-state index contributed by atoms with van der Waals surface area (Å²) < 4.78 is 29.3. The van der Waals surface area contributed by atoms with Gasteiger partial charge in [-0.25, -0.2) is 8.42 Å². The van der Waals surface area contributed by atoms with E-state index in [-0.39, 0.29) is 22.6 Å². The van der Waals surface area contributed by atoms with Gasteiger partial charge in [0.05, 0.1) is 6.10 Å². The normalized spacial score (nSPS) is 11.9. The lowest BCUT2D eigenvalue weighted by Crippen LogP contribution is -2.26. The van der Waals surface area contributed by atoms with Gasteiger partial charge in [-0.3, -0.25) is 4.79 Å². The van der Waals surface area contributed by atoms with Crippen molar-refractivity contribution < 1.29 is 17.9 Å². The van der Waals surface area contributed by atoms with E-state index >= 15 is 0 Å². The SMILES string of the molecule is CC(C)OCCCCNC(=O)c1cc(S(=O)(=O)Cl)cn1C. The minimum Gasteiger partial charge on any atom is -0.379 e. The van der Waals surface area contributed by atoms with Crippen molar-refractivity contribution in [2.45, 2.75) is 37.7 Å². The van der Waals surface area contributed by atoms with Crippen LogP contribution in [0.3, 0.4) is 0 Å². The number of unbranched alkanes of at least 4 members (excludes halogenated alkanes) is 1. The highest BCUT2D eigenvalue weighted by Gasteiger charge is 2.18. The minimum absolute atomic E-state index is 0.0813. The largest absolute Gasteiger partial charge is 0.379 e. The first-order valence-electron chi connectivity index (χ1n) is 6.72. The predicted octanol–water partition coefficient (Wildman–Crippen LogP) is 1.89. The average molecular weight is 337 g/mol. The number of amides is 1. The Hall–Kier alpha value is -1.05. The maximum Gasteiger partial charge on any atom is 0.267 e. The summed E-state index contributed by atoms with van der Waals surface area (Å²) in [4.78, 5) is 11.9. The second kappa shape index (κ2) is 7.82. The zero-order valence-electron chi connectivity index (χ0n) is 12.4. The van der Waals surface area contributed by atoms with E-state index in [4.69, 9.17) is 15.4 Å². The summed E-state index contributed by atoms with van der Waals surface area (Å²) in [6.45, 7) is 5.11. The molecular formula is C13H21ClN2O4S. The van der Waals surface area contributed by atoms with Crippen LogP contribution in [0.2, 0.25) is 0 Å². The number of hydrogen-bond donors (Lipinski definition) is 1. The molecule has 0 spiro atoms. The van der Waals surface area contributed by atoms with Crippen molar-refractivity contribution in [3.05, 3.63) is 18.0 Å². The molecule has 0 fully saturated rings. The molecule has 21 heavy (non-hydrogen) atoms. The summed E-state index contributed by atoms with van der Waals surface area (Å²) in [5, 5.41) is 2.74. The van der Waals surface area contributed by atoms with Crippen LogP contribution in [0.15, 0.2) is 17.2 Å². The van der Waals surface area contributed by atoms with Gasteiger partial charge in [0, 0.05) is 37.1 Å². The van der Waals surface area contributed by atoms with Gasteiger partial charge in [-0.05, 0) is 32.8 Å². The van der Waals surface area contributed by atoms with Gasteiger partial charge in [0.2, 0.25) is 0 Å². The standard InChI is InChI=1S/C13H21ClN2O4S/c1-10(2)20-7-5-4-6-15-13(17)12-8-11(9-16(12)3)21(14,18)19/h8-10H,4-7H2,1-3H3,(H,15,17). The second-order valence-corrected chi connectivity index (χ2v) is 7.56. The molecule has 0 aliphatic rings. The van der Waals surface area contributed by atoms with Crippen LogP contribution in [-0.4, -0.2) is 38.1 Å². The second-order valence-electron chi connectivity index (χ2n) is 4.99. The first kappa shape index (κ1) is 18.0. The molecule has 0 radical (unpaired) electrons. The lowest BCUT2D eigenvalue weighted by atomic mass is 10.3. The molecule has 0 aliphatic carbocycles. The van der Waals surface area contributed by atoms with Gasteiger partial charge < -0.3 is 14.6 Å². The lowest BCUT2D eigenvalue weighted by molar-refractivity contribution is 0.0754. The molecule has 0 bridgehead atoms. The number of hydrogen-bond acceptors (Lipinski definition) is 4. The summed E-state index contributed by atoms with van der Waals surface area (Å²) in [5.74, 6) is -0.325. The van der Waals surface area contributed by atoms with E-state index < -0.39 is 9.05 Å². The highest BCUT2D eigenvalue weighted by Crippen LogP contribution is 2.17. The molecule has 1 heterocycles. The fraction of sp³-hybridized carbons (Fsp3) is 0.615. The van der Waals surface area contributed by atoms with Gasteiger partial charge in [-0.1, -0.05) is 0 Å². The third kappa shape index (κ3) is 6.07. The lowest BCUT2D eigenvalue weighted by Gasteiger charge is -2.08. The molecule has 0 atom stereocenters. The first-order valence-corrected chi connectivity index (χ1v) is 9.03. The van der Waals surface area contributed by atoms with E-state index in [2.05, 4.69) is 5.32 Å². The van der Waals surface area contributed by atoms with Crippen LogP contribution in [0.25, 0.3) is 0 Å². The van der Waals surface area contributed by atoms with Crippen LogP contribution in [0.5, 0.6) is 0 Å². The first-order chi connectivity index (χ1) is 9.71. The molecule has 1 rings (SSSR count). The number of halogens is 1. The van der Waals surface area contributed by atoms with Crippen molar-refractivity contribution in [2.24, 2.45) is 7.05 Å². The van der Waals surface area contributed by atoms with Gasteiger partial charge in [-0.15, -0.1) is 0 Å². The zero-order valence-corrected chi connectivity index (χ0v) is 14.0. The van der Waals surface area contributed by atoms with Crippen LogP contribution in [0.4, 0.5) is 0 Å². The van der Waals surface area contributed by atoms with Gasteiger partial charge in [0.15, 0.2) is 0 Å². The Morgan fingerprint density at radius 1 is 1.43 bits per heavy atom. The highest BCUT2D eigenvalue weighted by atomic mass is 35.7. The molecule has 1 aromatic rings. The third-order valence-electron chi connectivity index (χ3n) is 2.80. The molecule has 0 saturated carbocycles. The van der Waals surface area contributed by atoms with Crippen molar-refractivity contribution in [3.8, 4) is 0 Å². The maximum atomic E-state index is 11.9. The number of nitrogens with zero attached hydrogens (tertiary/aromatic N) is 1. The molecule has 120 valence electrons. The van der Waals surface area contributed by atoms with Crippen LogP contribution < -0.4 is 5.32 Å². The molecule has 8 heteroatoms. The Morgan fingerprint density at radius 2 is 2.10 bits per heavy atom. The van der Waals surface area contributed by atoms with Crippen LogP contribution in [0.1, 0.15) is 37.2 Å². The quantitative estimate of drug-likeness (QED) is 0.581. The van der Waals surface area contributed by atoms with E-state index in [9.17, 15) is 13.2 Å². The predicted molar refractivity (Wildman–Crippen MR) is 81.1 cm³/mol. The van der Waals surface area contributed by atoms with E-state index in [0.29, 0.717) is 13.2 Å². The zero-order chi connectivity index (χ0) is 16.0. The summed E-state index contributed by atoms with van der Waals surface area (Å²) in [6, 6.07) is 1.26. The molecule has 1 N–H and O–H groups in total. The van der Waals surface area contributed by atoms with Gasteiger partial charge in [0.1, 0.15) is 10.6 Å². The average Bonchev–Trinajstić information content (AvgIpc) is 2.75. The summed E-state index contributed by atoms with van der Waals surface area (Å²) >= 11 is 0. The van der Waals surface area contributed by atoms with Gasteiger partial charge >= 0.3 is 0 Å². The molecule has 0 saturated heterocycles. The molecule has 6 nitrogen and oxygen atoms in total. The Morgan fingerprint density at radius 3 is 2.62 bits per heavy atom. The number of rotatable bonds is 8. The van der Waals surface area contributed by atoms with Crippen molar-refractivity contribution in [1.29, 1.82) is 0 Å². The number of aromatic nitrogens is 1.